The number of hydrogen-bond acceptors (Lipinski definition) is 4. The van der Waals surface area contributed by atoms with Gasteiger partial charge in [0.25, 0.3) is 11.7 Å². The predicted molar refractivity (Wildman–Crippen MR) is 127 cm³/mol. The second-order valence-electron chi connectivity index (χ2n) is 7.91. The van der Waals surface area contributed by atoms with Crippen molar-refractivity contribution in [1.29, 1.82) is 0 Å². The Labute approximate surface area is 195 Å². The molecule has 1 amide bonds. The molecule has 0 spiro atoms. The van der Waals surface area contributed by atoms with Gasteiger partial charge in [-0.3, -0.25) is 9.59 Å². The number of aliphatic hydroxyl groups is 1. The number of amides is 1. The Morgan fingerprint density at radius 1 is 0.939 bits per heavy atom. The van der Waals surface area contributed by atoms with Crippen LogP contribution in [0, 0.1) is 0 Å². The highest BCUT2D eigenvalue weighted by atomic mass is 35.5. The van der Waals surface area contributed by atoms with Crippen LogP contribution in [0.15, 0.2) is 95.1 Å². The molecule has 0 bridgehead atoms. The van der Waals surface area contributed by atoms with Crippen LogP contribution in [0.25, 0.3) is 16.5 Å². The molecule has 0 aliphatic carbocycles. The summed E-state index contributed by atoms with van der Waals surface area (Å²) in [5.74, 6) is -1.17. The molecule has 5 rings (SSSR count). The maximum Gasteiger partial charge on any atom is 0.295 e. The van der Waals surface area contributed by atoms with E-state index in [9.17, 15) is 14.7 Å². The first-order valence-corrected chi connectivity index (χ1v) is 11.0. The molecular formula is C27H20ClNO4. The van der Waals surface area contributed by atoms with Gasteiger partial charge in [-0.1, -0.05) is 66.2 Å². The second-order valence-corrected chi connectivity index (χ2v) is 8.35. The summed E-state index contributed by atoms with van der Waals surface area (Å²) in [6, 6.07) is 23.0. The average molecular weight is 458 g/mol. The van der Waals surface area contributed by atoms with Crippen molar-refractivity contribution in [3.8, 4) is 0 Å². The summed E-state index contributed by atoms with van der Waals surface area (Å²) in [6.45, 7) is 0.282. The van der Waals surface area contributed by atoms with E-state index in [0.29, 0.717) is 22.8 Å². The summed E-state index contributed by atoms with van der Waals surface area (Å²) in [4.78, 5) is 27.7. The molecule has 1 aliphatic heterocycles. The van der Waals surface area contributed by atoms with Crippen LogP contribution in [0.4, 0.5) is 0 Å². The molecule has 164 valence electrons. The van der Waals surface area contributed by atoms with Crippen LogP contribution >= 0.6 is 11.6 Å². The average Bonchev–Trinajstić information content (AvgIpc) is 3.45. The maximum atomic E-state index is 13.2. The van der Waals surface area contributed by atoms with E-state index in [1.807, 2.05) is 48.5 Å². The third kappa shape index (κ3) is 3.81. The lowest BCUT2D eigenvalue weighted by Gasteiger charge is -2.23. The molecule has 1 saturated heterocycles. The van der Waals surface area contributed by atoms with Crippen molar-refractivity contribution < 1.29 is 19.1 Å². The van der Waals surface area contributed by atoms with Crippen molar-refractivity contribution >= 4 is 39.8 Å². The van der Waals surface area contributed by atoms with Gasteiger partial charge >= 0.3 is 0 Å². The maximum absolute atomic E-state index is 13.2. The first kappa shape index (κ1) is 21.0. The third-order valence-electron chi connectivity index (χ3n) is 5.95. The lowest BCUT2D eigenvalue weighted by molar-refractivity contribution is -0.140. The Balaban J connectivity index is 1.59. The molecule has 1 unspecified atom stereocenters. The quantitative estimate of drug-likeness (QED) is 0.235. The number of benzene rings is 3. The largest absolute Gasteiger partial charge is 0.507 e. The smallest absolute Gasteiger partial charge is 0.295 e. The number of nitrogens with zero attached hydrogens (tertiary/aromatic N) is 1. The summed E-state index contributed by atoms with van der Waals surface area (Å²) in [5.41, 5.74) is 1.51. The number of ketones is 1. The highest BCUT2D eigenvalue weighted by molar-refractivity contribution is 6.46. The lowest BCUT2D eigenvalue weighted by Crippen LogP contribution is -2.31. The molecule has 6 heteroatoms. The van der Waals surface area contributed by atoms with E-state index in [2.05, 4.69) is 0 Å². The first-order valence-electron chi connectivity index (χ1n) is 10.6. The van der Waals surface area contributed by atoms with E-state index in [1.54, 1.807) is 30.3 Å². The van der Waals surface area contributed by atoms with Crippen LogP contribution in [-0.2, 0) is 16.0 Å². The normalized spacial score (nSPS) is 17.7. The van der Waals surface area contributed by atoms with Crippen molar-refractivity contribution in [3.05, 3.63) is 113 Å². The Morgan fingerprint density at radius 2 is 1.70 bits per heavy atom. The Hall–Kier alpha value is -3.83. The number of fused-ring (bicyclic) bond motifs is 1. The SMILES string of the molecule is O=C1C(=O)N(CCc2ccc(Cl)cc2)C(c2ccco2)/C1=C(/O)c1cccc2ccccc12. The molecule has 0 saturated carbocycles. The fraction of sp³-hybridized carbons (Fsp3) is 0.111. The van der Waals surface area contributed by atoms with Crippen molar-refractivity contribution in [1.82, 2.24) is 4.90 Å². The Kier molecular flexibility index (Phi) is 5.48. The van der Waals surface area contributed by atoms with Gasteiger partial charge in [0.1, 0.15) is 17.6 Å². The molecule has 1 fully saturated rings. The van der Waals surface area contributed by atoms with Crippen molar-refractivity contribution in [3.63, 3.8) is 0 Å². The molecule has 4 aromatic rings. The van der Waals surface area contributed by atoms with Crippen molar-refractivity contribution in [2.75, 3.05) is 6.54 Å². The molecule has 5 nitrogen and oxygen atoms in total. The zero-order valence-electron chi connectivity index (χ0n) is 17.6. The number of likely N-dealkylation sites (tertiary alicyclic amines) is 1. The summed E-state index contributed by atoms with van der Waals surface area (Å²) < 4.78 is 5.61. The minimum absolute atomic E-state index is 0.0300. The molecule has 1 aliphatic rings. The molecular weight excluding hydrogens is 438 g/mol. The molecule has 1 aromatic heterocycles. The number of hydrogen-bond donors (Lipinski definition) is 1. The van der Waals surface area contributed by atoms with Crippen LogP contribution in [0.3, 0.4) is 0 Å². The van der Waals surface area contributed by atoms with Gasteiger partial charge in [-0.2, -0.15) is 0 Å². The van der Waals surface area contributed by atoms with Crippen molar-refractivity contribution in [2.45, 2.75) is 12.5 Å². The summed E-state index contributed by atoms with van der Waals surface area (Å²) in [7, 11) is 0. The summed E-state index contributed by atoms with van der Waals surface area (Å²) >= 11 is 5.97. The number of carbonyl (C=O) groups excluding carboxylic acids is 2. The minimum atomic E-state index is -0.814. The van der Waals surface area contributed by atoms with Gasteiger partial charge in [0.15, 0.2) is 0 Å². The topological polar surface area (TPSA) is 70.8 Å². The Morgan fingerprint density at radius 3 is 2.45 bits per heavy atom. The molecule has 0 radical (unpaired) electrons. The van der Waals surface area contributed by atoms with E-state index >= 15 is 0 Å². The highest BCUT2D eigenvalue weighted by Crippen LogP contribution is 2.40. The molecule has 33 heavy (non-hydrogen) atoms. The predicted octanol–water partition coefficient (Wildman–Crippen LogP) is 5.75. The van der Waals surface area contributed by atoms with Gasteiger partial charge in [0, 0.05) is 17.1 Å². The van der Waals surface area contributed by atoms with Gasteiger partial charge < -0.3 is 14.4 Å². The van der Waals surface area contributed by atoms with Crippen LogP contribution in [0.2, 0.25) is 5.02 Å². The summed E-state index contributed by atoms with van der Waals surface area (Å²) in [5, 5.41) is 13.7. The van der Waals surface area contributed by atoms with E-state index in [0.717, 1.165) is 16.3 Å². The Bertz CT molecular complexity index is 1370. The van der Waals surface area contributed by atoms with Crippen LogP contribution in [0.5, 0.6) is 0 Å². The first-order chi connectivity index (χ1) is 16.0. The molecule has 2 heterocycles. The van der Waals surface area contributed by atoms with Crippen LogP contribution < -0.4 is 0 Å². The summed E-state index contributed by atoms with van der Waals surface area (Å²) in [6.07, 6.45) is 2.02. The molecule has 3 aromatic carbocycles. The number of rotatable bonds is 5. The number of furan rings is 1. The van der Waals surface area contributed by atoms with Crippen LogP contribution in [0.1, 0.15) is 22.9 Å². The van der Waals surface area contributed by atoms with Gasteiger partial charge in [-0.25, -0.2) is 0 Å². The molecule has 1 N–H and O–H groups in total. The number of halogens is 1. The van der Waals surface area contributed by atoms with Crippen molar-refractivity contribution in [2.24, 2.45) is 0 Å². The second kappa shape index (κ2) is 8.60. The van der Waals surface area contributed by atoms with E-state index in [4.69, 9.17) is 16.0 Å². The van der Waals surface area contributed by atoms with Gasteiger partial charge in [0.2, 0.25) is 0 Å². The van der Waals surface area contributed by atoms with Gasteiger partial charge in [-0.15, -0.1) is 0 Å². The lowest BCUT2D eigenvalue weighted by atomic mass is 9.96. The third-order valence-corrected chi connectivity index (χ3v) is 6.20. The number of aliphatic hydroxyl groups excluding tert-OH is 1. The van der Waals surface area contributed by atoms with E-state index < -0.39 is 17.7 Å². The zero-order valence-corrected chi connectivity index (χ0v) is 18.3. The number of Topliss-reactive ketones (excluding diaryl/α,β-unsaturated/α-hetero) is 1. The molecule has 1 atom stereocenters. The number of carbonyl (C=O) groups is 2. The minimum Gasteiger partial charge on any atom is -0.507 e. The highest BCUT2D eigenvalue weighted by Gasteiger charge is 2.47. The fourth-order valence-electron chi connectivity index (χ4n) is 4.33. The van der Waals surface area contributed by atoms with E-state index in [1.165, 1.54) is 11.2 Å². The van der Waals surface area contributed by atoms with Gasteiger partial charge in [-0.05, 0) is 47.0 Å². The van der Waals surface area contributed by atoms with E-state index in [-0.39, 0.29) is 17.9 Å². The van der Waals surface area contributed by atoms with Gasteiger partial charge in [0.05, 0.1) is 11.8 Å². The standard InChI is InChI=1S/C27H20ClNO4/c28-19-12-10-17(11-13-19)14-15-29-24(22-9-4-16-33-22)23(26(31)27(29)32)25(30)21-8-3-6-18-5-1-2-7-20(18)21/h1-13,16,24,30H,14-15H2/b25-23-. The zero-order chi connectivity index (χ0) is 22.9. The fourth-order valence-corrected chi connectivity index (χ4v) is 4.46. The monoisotopic (exact) mass is 457 g/mol. The van der Waals surface area contributed by atoms with Crippen LogP contribution in [-0.4, -0.2) is 28.2 Å².